The molecule has 1 atom stereocenters. The second-order valence-electron chi connectivity index (χ2n) is 5.90. The van der Waals surface area contributed by atoms with Crippen molar-refractivity contribution in [1.29, 1.82) is 0 Å². The molecule has 2 heterocycles. The van der Waals surface area contributed by atoms with E-state index >= 15 is 0 Å². The number of benzene rings is 2. The zero-order valence-electron chi connectivity index (χ0n) is 13.5. The second kappa shape index (κ2) is 5.16. The van der Waals surface area contributed by atoms with Crippen LogP contribution in [0, 0.1) is 13.8 Å². The average molecular weight is 305 g/mol. The number of fused-ring (bicyclic) bond motifs is 3. The Morgan fingerprint density at radius 1 is 1.09 bits per heavy atom. The number of methoxy groups -OCH3 is 1. The molecule has 1 aliphatic heterocycles. The summed E-state index contributed by atoms with van der Waals surface area (Å²) in [6.45, 7) is 4.16. The average Bonchev–Trinajstić information content (AvgIpc) is 2.96. The van der Waals surface area contributed by atoms with Crippen molar-refractivity contribution in [3.63, 3.8) is 0 Å². The Morgan fingerprint density at radius 3 is 2.74 bits per heavy atom. The molecule has 4 heteroatoms. The van der Waals surface area contributed by atoms with Crippen molar-refractivity contribution in [1.82, 2.24) is 9.78 Å². The standard InChI is InChI=1S/C19H19N3O/c1-12-7-6-9-14-16-11-13(2)21-22(16)19(20-18(12)14)15-8-4-5-10-17(15)23-3/h4-11,19-20H,1-3H3/t19-/m0/s1. The van der Waals surface area contributed by atoms with Gasteiger partial charge in [0.1, 0.15) is 5.75 Å². The third kappa shape index (κ3) is 2.10. The summed E-state index contributed by atoms with van der Waals surface area (Å²) in [5.41, 5.74) is 6.81. The maximum absolute atomic E-state index is 5.56. The second-order valence-corrected chi connectivity index (χ2v) is 5.90. The van der Waals surface area contributed by atoms with Crippen LogP contribution in [0.1, 0.15) is 23.0 Å². The van der Waals surface area contributed by atoms with E-state index in [0.717, 1.165) is 28.4 Å². The Bertz CT molecular complexity index is 882. The summed E-state index contributed by atoms with van der Waals surface area (Å²) < 4.78 is 7.61. The van der Waals surface area contributed by atoms with E-state index in [1.807, 2.05) is 25.1 Å². The zero-order chi connectivity index (χ0) is 16.0. The predicted octanol–water partition coefficient (Wildman–Crippen LogP) is 4.15. The van der Waals surface area contributed by atoms with Gasteiger partial charge in [-0.25, -0.2) is 4.68 Å². The van der Waals surface area contributed by atoms with E-state index in [1.54, 1.807) is 7.11 Å². The maximum Gasteiger partial charge on any atom is 0.150 e. The number of hydrogen-bond acceptors (Lipinski definition) is 3. The fourth-order valence-electron chi connectivity index (χ4n) is 3.29. The van der Waals surface area contributed by atoms with Gasteiger partial charge in [-0.05, 0) is 31.5 Å². The lowest BCUT2D eigenvalue weighted by Gasteiger charge is -2.31. The molecule has 0 unspecified atom stereocenters. The van der Waals surface area contributed by atoms with E-state index in [1.165, 1.54) is 11.1 Å². The van der Waals surface area contributed by atoms with Gasteiger partial charge in [0, 0.05) is 16.8 Å². The molecule has 4 rings (SSSR count). The molecule has 0 aliphatic carbocycles. The first-order valence-corrected chi connectivity index (χ1v) is 7.74. The van der Waals surface area contributed by atoms with Crippen LogP contribution >= 0.6 is 0 Å². The van der Waals surface area contributed by atoms with Crippen LogP contribution < -0.4 is 10.1 Å². The van der Waals surface area contributed by atoms with Crippen molar-refractivity contribution in [2.75, 3.05) is 12.4 Å². The lowest BCUT2D eigenvalue weighted by molar-refractivity contribution is 0.401. The van der Waals surface area contributed by atoms with Crippen LogP contribution in [0.5, 0.6) is 5.75 Å². The summed E-state index contributed by atoms with van der Waals surface area (Å²) in [4.78, 5) is 0. The van der Waals surface area contributed by atoms with E-state index < -0.39 is 0 Å². The molecule has 116 valence electrons. The molecule has 0 saturated heterocycles. The van der Waals surface area contributed by atoms with Gasteiger partial charge in [-0.3, -0.25) is 0 Å². The van der Waals surface area contributed by atoms with Crippen LogP contribution in [0.15, 0.2) is 48.5 Å². The van der Waals surface area contributed by atoms with Crippen molar-refractivity contribution in [3.05, 3.63) is 65.4 Å². The first kappa shape index (κ1) is 13.9. The Kier molecular flexibility index (Phi) is 3.11. The number of ether oxygens (including phenoxy) is 1. The number of nitrogens with one attached hydrogen (secondary N) is 1. The Balaban J connectivity index is 1.95. The summed E-state index contributed by atoms with van der Waals surface area (Å²) in [7, 11) is 1.70. The molecule has 0 bridgehead atoms. The number of aromatic nitrogens is 2. The molecule has 1 aliphatic rings. The highest BCUT2D eigenvalue weighted by atomic mass is 16.5. The molecule has 1 N–H and O–H groups in total. The van der Waals surface area contributed by atoms with E-state index in [2.05, 4.69) is 47.3 Å². The number of para-hydroxylation sites is 2. The summed E-state index contributed by atoms with van der Waals surface area (Å²) in [6.07, 6.45) is -0.0801. The van der Waals surface area contributed by atoms with Crippen molar-refractivity contribution >= 4 is 5.69 Å². The Hall–Kier alpha value is -2.75. The molecule has 1 aromatic heterocycles. The van der Waals surface area contributed by atoms with E-state index in [-0.39, 0.29) is 6.17 Å². The summed E-state index contributed by atoms with van der Waals surface area (Å²) in [5, 5.41) is 8.36. The van der Waals surface area contributed by atoms with Crippen LogP contribution in [0.4, 0.5) is 5.69 Å². The van der Waals surface area contributed by atoms with Crippen molar-refractivity contribution in [2.24, 2.45) is 0 Å². The van der Waals surface area contributed by atoms with E-state index in [0.29, 0.717) is 0 Å². The Morgan fingerprint density at radius 2 is 1.91 bits per heavy atom. The normalized spacial score (nSPS) is 15.5. The van der Waals surface area contributed by atoms with Gasteiger partial charge in [0.05, 0.1) is 18.5 Å². The summed E-state index contributed by atoms with van der Waals surface area (Å²) >= 11 is 0. The van der Waals surface area contributed by atoms with Crippen LogP contribution in [0.3, 0.4) is 0 Å². The number of anilines is 1. The minimum atomic E-state index is -0.0801. The van der Waals surface area contributed by atoms with Gasteiger partial charge in [0.25, 0.3) is 0 Å². The predicted molar refractivity (Wildman–Crippen MR) is 91.9 cm³/mol. The summed E-state index contributed by atoms with van der Waals surface area (Å²) in [6, 6.07) is 16.6. The van der Waals surface area contributed by atoms with Gasteiger partial charge in [0.2, 0.25) is 0 Å². The van der Waals surface area contributed by atoms with Gasteiger partial charge < -0.3 is 10.1 Å². The van der Waals surface area contributed by atoms with Crippen molar-refractivity contribution < 1.29 is 4.74 Å². The van der Waals surface area contributed by atoms with E-state index in [4.69, 9.17) is 9.84 Å². The molecule has 4 nitrogen and oxygen atoms in total. The summed E-state index contributed by atoms with van der Waals surface area (Å²) in [5.74, 6) is 0.862. The van der Waals surface area contributed by atoms with E-state index in [9.17, 15) is 0 Å². The molecule has 3 aromatic rings. The minimum absolute atomic E-state index is 0.0801. The Labute approximate surface area is 135 Å². The van der Waals surface area contributed by atoms with Gasteiger partial charge in [-0.15, -0.1) is 0 Å². The molecule has 0 amide bonds. The topological polar surface area (TPSA) is 39.1 Å². The highest BCUT2D eigenvalue weighted by molar-refractivity contribution is 5.81. The lowest BCUT2D eigenvalue weighted by Crippen LogP contribution is -2.26. The SMILES string of the molecule is COc1ccccc1[C@H]1Nc2c(C)cccc2-c2cc(C)nn21. The van der Waals surface area contributed by atoms with Crippen LogP contribution in [-0.2, 0) is 0 Å². The van der Waals surface area contributed by atoms with Gasteiger partial charge in [0.15, 0.2) is 6.17 Å². The van der Waals surface area contributed by atoms with Crippen molar-refractivity contribution in [3.8, 4) is 17.0 Å². The fourth-order valence-corrected chi connectivity index (χ4v) is 3.29. The van der Waals surface area contributed by atoms with Crippen LogP contribution in [0.25, 0.3) is 11.3 Å². The largest absolute Gasteiger partial charge is 0.496 e. The molecular weight excluding hydrogens is 286 g/mol. The number of rotatable bonds is 2. The quantitative estimate of drug-likeness (QED) is 0.773. The maximum atomic E-state index is 5.56. The number of nitrogens with zero attached hydrogens (tertiary/aromatic N) is 2. The number of hydrogen-bond donors (Lipinski definition) is 1. The molecule has 0 spiro atoms. The van der Waals surface area contributed by atoms with Crippen LogP contribution in [-0.4, -0.2) is 16.9 Å². The molecule has 0 fully saturated rings. The highest BCUT2D eigenvalue weighted by Crippen LogP contribution is 2.41. The zero-order valence-corrected chi connectivity index (χ0v) is 13.5. The first-order chi connectivity index (χ1) is 11.2. The van der Waals surface area contributed by atoms with Gasteiger partial charge in [-0.2, -0.15) is 5.10 Å². The molecular formula is C19H19N3O. The van der Waals surface area contributed by atoms with Crippen molar-refractivity contribution in [2.45, 2.75) is 20.0 Å². The molecule has 2 aromatic carbocycles. The fraction of sp³-hybridized carbons (Fsp3) is 0.211. The lowest BCUT2D eigenvalue weighted by atomic mass is 10.0. The monoisotopic (exact) mass is 305 g/mol. The third-order valence-corrected chi connectivity index (χ3v) is 4.37. The molecule has 0 radical (unpaired) electrons. The molecule has 23 heavy (non-hydrogen) atoms. The molecule has 0 saturated carbocycles. The minimum Gasteiger partial charge on any atom is -0.496 e. The van der Waals surface area contributed by atoms with Gasteiger partial charge >= 0.3 is 0 Å². The smallest absolute Gasteiger partial charge is 0.150 e. The van der Waals surface area contributed by atoms with Gasteiger partial charge in [-0.1, -0.05) is 36.4 Å². The third-order valence-electron chi connectivity index (χ3n) is 4.37. The van der Waals surface area contributed by atoms with Crippen LogP contribution in [0.2, 0.25) is 0 Å². The highest BCUT2D eigenvalue weighted by Gasteiger charge is 2.28. The first-order valence-electron chi connectivity index (χ1n) is 7.74. The number of aryl methyl sites for hydroxylation is 2.